The molecule has 0 saturated heterocycles. The molecule has 2 aliphatic carbocycles. The number of benzene rings is 9. The van der Waals surface area contributed by atoms with E-state index in [1.807, 2.05) is 0 Å². The Morgan fingerprint density at radius 3 is 1.34 bits per heavy atom. The maximum Gasteiger partial charge on any atom is 0.0468 e. The van der Waals surface area contributed by atoms with Crippen LogP contribution in [0.3, 0.4) is 0 Å². The van der Waals surface area contributed by atoms with Crippen LogP contribution in [0.25, 0.3) is 45.2 Å². The second-order valence-electron chi connectivity index (χ2n) is 17.9. The van der Waals surface area contributed by atoms with Gasteiger partial charge >= 0.3 is 0 Å². The van der Waals surface area contributed by atoms with Gasteiger partial charge in [0.2, 0.25) is 0 Å². The van der Waals surface area contributed by atoms with E-state index >= 15 is 0 Å². The van der Waals surface area contributed by atoms with E-state index in [1.165, 1.54) is 60.8 Å². The number of hydrogen-bond acceptors (Lipinski definition) is 2. The molecule has 0 atom stereocenters. The lowest BCUT2D eigenvalue weighted by Crippen LogP contribution is -2.16. The van der Waals surface area contributed by atoms with Gasteiger partial charge < -0.3 is 9.80 Å². The molecule has 2 nitrogen and oxygen atoms in total. The SMILES string of the molecule is CC1(C)c2ccccc2-c2ccc(N(c3ccc(/C=C/c4ccc5c(c4)C(C)(C)c4cc(N(c6ccccc6)c6ccccc6)ccc4-5)cc3)c3ccc4ccccc4c3)cc21. The van der Waals surface area contributed by atoms with E-state index in [2.05, 4.69) is 256 Å². The van der Waals surface area contributed by atoms with Crippen molar-refractivity contribution in [1.29, 1.82) is 0 Å². The predicted molar refractivity (Wildman–Crippen MR) is 264 cm³/mol. The summed E-state index contributed by atoms with van der Waals surface area (Å²) in [4.78, 5) is 4.76. The molecule has 0 aromatic heterocycles. The summed E-state index contributed by atoms with van der Waals surface area (Å²) in [5, 5.41) is 2.47. The summed E-state index contributed by atoms with van der Waals surface area (Å²) < 4.78 is 0. The van der Waals surface area contributed by atoms with Crippen LogP contribution >= 0.6 is 0 Å². The first kappa shape index (κ1) is 37.6. The number of rotatable bonds is 8. The molecule has 298 valence electrons. The van der Waals surface area contributed by atoms with Crippen LogP contribution in [0.5, 0.6) is 0 Å². The van der Waals surface area contributed by atoms with E-state index in [9.17, 15) is 0 Å². The Morgan fingerprint density at radius 1 is 0.290 bits per heavy atom. The topological polar surface area (TPSA) is 6.48 Å². The summed E-state index contributed by atoms with van der Waals surface area (Å²) in [6.07, 6.45) is 4.50. The van der Waals surface area contributed by atoms with E-state index in [0.717, 1.165) is 39.7 Å². The Kier molecular flexibility index (Phi) is 8.87. The van der Waals surface area contributed by atoms with Crippen molar-refractivity contribution in [3.8, 4) is 22.3 Å². The Morgan fingerprint density at radius 2 is 0.694 bits per heavy atom. The third-order valence-corrected chi connectivity index (χ3v) is 13.4. The molecule has 0 amide bonds. The second kappa shape index (κ2) is 14.6. The van der Waals surface area contributed by atoms with Crippen LogP contribution in [-0.2, 0) is 10.8 Å². The van der Waals surface area contributed by atoms with Crippen LogP contribution in [-0.4, -0.2) is 0 Å². The van der Waals surface area contributed by atoms with E-state index in [4.69, 9.17) is 0 Å². The Balaban J connectivity index is 0.902. The Hall–Kier alpha value is -7.42. The standard InChI is InChI=1S/C60H48N2/c1-59(2)55-22-14-13-21-51(55)53-35-33-50(40-57(53)59)62(48-31-28-43-15-11-12-16-44(43)38-48)47-29-25-41(26-30-47)23-24-42-27-34-52-54-36-32-49(39-58(54)60(3,4)56(52)37-42)61(45-17-7-5-8-18-45)46-19-9-6-10-20-46/h5-40H,1-4H3/b24-23+. The molecule has 9 aromatic rings. The van der Waals surface area contributed by atoms with Crippen molar-refractivity contribution in [2.24, 2.45) is 0 Å². The van der Waals surface area contributed by atoms with Crippen LogP contribution in [0, 0.1) is 0 Å². The van der Waals surface area contributed by atoms with Crippen molar-refractivity contribution in [1.82, 2.24) is 0 Å². The lowest BCUT2D eigenvalue weighted by molar-refractivity contribution is 0.660. The van der Waals surface area contributed by atoms with Gasteiger partial charge in [-0.1, -0.05) is 173 Å². The molecule has 0 aliphatic heterocycles. The molecule has 2 heteroatoms. The third-order valence-electron chi connectivity index (χ3n) is 13.4. The highest BCUT2D eigenvalue weighted by Crippen LogP contribution is 2.52. The number of hydrogen-bond donors (Lipinski definition) is 0. The van der Waals surface area contributed by atoms with Gasteiger partial charge in [0.15, 0.2) is 0 Å². The zero-order valence-corrected chi connectivity index (χ0v) is 35.7. The fraction of sp³-hybridized carbons (Fsp3) is 0.100. The summed E-state index contributed by atoms with van der Waals surface area (Å²) in [5.74, 6) is 0. The average molecular weight is 797 g/mol. The van der Waals surface area contributed by atoms with Gasteiger partial charge in [0.25, 0.3) is 0 Å². The molecule has 0 saturated carbocycles. The number of fused-ring (bicyclic) bond motifs is 7. The van der Waals surface area contributed by atoms with Crippen molar-refractivity contribution >= 4 is 57.0 Å². The van der Waals surface area contributed by atoms with Crippen molar-refractivity contribution in [2.45, 2.75) is 38.5 Å². The molecule has 2 aliphatic rings. The zero-order valence-electron chi connectivity index (χ0n) is 35.7. The van der Waals surface area contributed by atoms with Crippen molar-refractivity contribution < 1.29 is 0 Å². The minimum atomic E-state index is -0.160. The minimum Gasteiger partial charge on any atom is -0.310 e. The van der Waals surface area contributed by atoms with Gasteiger partial charge in [-0.25, -0.2) is 0 Å². The maximum atomic E-state index is 2.41. The van der Waals surface area contributed by atoms with Crippen molar-refractivity contribution in [3.05, 3.63) is 240 Å². The van der Waals surface area contributed by atoms with Crippen LogP contribution in [0.4, 0.5) is 34.1 Å². The minimum absolute atomic E-state index is 0.0872. The van der Waals surface area contributed by atoms with Gasteiger partial charge in [-0.05, 0) is 139 Å². The lowest BCUT2D eigenvalue weighted by Gasteiger charge is -2.28. The highest BCUT2D eigenvalue weighted by Gasteiger charge is 2.37. The normalized spacial score (nSPS) is 14.0. The number of anilines is 6. The molecular weight excluding hydrogens is 749 g/mol. The summed E-state index contributed by atoms with van der Waals surface area (Å²) in [6.45, 7) is 9.44. The third kappa shape index (κ3) is 6.25. The molecule has 0 unspecified atom stereocenters. The maximum absolute atomic E-state index is 2.41. The lowest BCUT2D eigenvalue weighted by atomic mass is 9.81. The summed E-state index contributed by atoms with van der Waals surface area (Å²) in [7, 11) is 0. The first-order chi connectivity index (χ1) is 30.2. The molecule has 0 fully saturated rings. The van der Waals surface area contributed by atoms with Crippen LogP contribution in [0.2, 0.25) is 0 Å². The first-order valence-electron chi connectivity index (χ1n) is 21.8. The summed E-state index contributed by atoms with van der Waals surface area (Å²) in [5.41, 5.74) is 19.8. The molecule has 0 spiro atoms. The van der Waals surface area contributed by atoms with Crippen LogP contribution in [0.15, 0.2) is 206 Å². The molecule has 0 heterocycles. The fourth-order valence-electron chi connectivity index (χ4n) is 10.1. The molecular formula is C60H48N2. The molecule has 0 N–H and O–H groups in total. The fourth-order valence-corrected chi connectivity index (χ4v) is 10.1. The van der Waals surface area contributed by atoms with E-state index in [1.54, 1.807) is 0 Å². The van der Waals surface area contributed by atoms with Crippen LogP contribution in [0.1, 0.15) is 61.1 Å². The van der Waals surface area contributed by atoms with E-state index < -0.39 is 0 Å². The highest BCUT2D eigenvalue weighted by atomic mass is 15.1. The average Bonchev–Trinajstić information content (AvgIpc) is 3.68. The quantitative estimate of drug-likeness (QED) is 0.141. The van der Waals surface area contributed by atoms with Crippen molar-refractivity contribution in [3.63, 3.8) is 0 Å². The molecule has 0 radical (unpaired) electrons. The number of nitrogens with zero attached hydrogens (tertiary/aromatic N) is 2. The zero-order chi connectivity index (χ0) is 42.0. The van der Waals surface area contributed by atoms with Gasteiger partial charge in [-0.15, -0.1) is 0 Å². The van der Waals surface area contributed by atoms with Gasteiger partial charge in [-0.3, -0.25) is 0 Å². The predicted octanol–water partition coefficient (Wildman–Crippen LogP) is 16.6. The van der Waals surface area contributed by atoms with E-state index in [0.29, 0.717) is 0 Å². The van der Waals surface area contributed by atoms with Crippen molar-refractivity contribution in [2.75, 3.05) is 9.80 Å². The number of para-hydroxylation sites is 2. The second-order valence-corrected chi connectivity index (χ2v) is 17.9. The summed E-state index contributed by atoms with van der Waals surface area (Å²) in [6, 6.07) is 75.6. The first-order valence-corrected chi connectivity index (χ1v) is 21.8. The smallest absolute Gasteiger partial charge is 0.0468 e. The molecule has 0 bridgehead atoms. The highest BCUT2D eigenvalue weighted by molar-refractivity contribution is 5.91. The van der Waals surface area contributed by atoms with Gasteiger partial charge in [0, 0.05) is 45.0 Å². The van der Waals surface area contributed by atoms with Gasteiger partial charge in [0.1, 0.15) is 0 Å². The van der Waals surface area contributed by atoms with Crippen LogP contribution < -0.4 is 9.80 Å². The molecule has 9 aromatic carbocycles. The Labute approximate surface area is 365 Å². The molecule has 62 heavy (non-hydrogen) atoms. The summed E-state index contributed by atoms with van der Waals surface area (Å²) >= 11 is 0. The van der Waals surface area contributed by atoms with Gasteiger partial charge in [-0.2, -0.15) is 0 Å². The van der Waals surface area contributed by atoms with Gasteiger partial charge in [0.05, 0.1) is 0 Å². The monoisotopic (exact) mass is 796 g/mol. The Bertz CT molecular complexity index is 3130. The van der Waals surface area contributed by atoms with E-state index in [-0.39, 0.29) is 10.8 Å². The molecule has 11 rings (SSSR count). The largest absolute Gasteiger partial charge is 0.310 e.